The molecule has 0 N–H and O–H groups in total. The van der Waals surface area contributed by atoms with E-state index in [1.54, 1.807) is 32.0 Å². The number of nitrogens with zero attached hydrogens (tertiary/aromatic N) is 5. The van der Waals surface area contributed by atoms with Crippen LogP contribution in [-0.2, 0) is 40.0 Å². The summed E-state index contributed by atoms with van der Waals surface area (Å²) in [6, 6.07) is 5.11. The van der Waals surface area contributed by atoms with E-state index in [1.165, 1.54) is 4.52 Å². The lowest BCUT2D eigenvalue weighted by molar-refractivity contribution is -0.185. The number of carbonyl (C=O) groups excluding carboxylic acids is 2. The standard InChI is InChI=1S/C29H37N5O3/c1-5-22-14-20(15-23(6-2)31-22)11-12-29(21-9-7-8-10-21)17-25(35)24(27(36)37-29)16-26-32-28-30-18(3)13-19(4)34(28)33-26/h13-15,21,24H,5-12,16-17H2,1-4H3/t24?,29-/m1/s1/i7D2,8D2,9D2,10D2,16D2,21D. The number of aryl methyl sites for hydroxylation is 5. The van der Waals surface area contributed by atoms with E-state index in [2.05, 4.69) is 20.1 Å². The maximum Gasteiger partial charge on any atom is 0.317 e. The predicted octanol–water partition coefficient (Wildman–Crippen LogP) is 4.50. The Bertz CT molecular complexity index is 1740. The van der Waals surface area contributed by atoms with Crippen LogP contribution in [-0.4, -0.2) is 41.9 Å². The Morgan fingerprint density at radius 2 is 1.81 bits per heavy atom. The molecule has 0 spiro atoms. The molecule has 0 aromatic carbocycles. The number of rotatable bonds is 8. The fourth-order valence-electron chi connectivity index (χ4n) is 4.72. The first-order valence-electron chi connectivity index (χ1n) is 17.9. The largest absolute Gasteiger partial charge is 0.458 e. The van der Waals surface area contributed by atoms with Gasteiger partial charge < -0.3 is 4.74 Å². The summed E-state index contributed by atoms with van der Waals surface area (Å²) in [7, 11) is 0. The van der Waals surface area contributed by atoms with E-state index in [0.717, 1.165) is 0 Å². The third-order valence-corrected chi connectivity index (χ3v) is 6.63. The van der Waals surface area contributed by atoms with Gasteiger partial charge in [0.2, 0.25) is 0 Å². The topological polar surface area (TPSA) is 99.3 Å². The van der Waals surface area contributed by atoms with Gasteiger partial charge in [0.25, 0.3) is 5.78 Å². The number of ether oxygens (including phenoxy) is 1. The van der Waals surface area contributed by atoms with Crippen molar-refractivity contribution in [1.82, 2.24) is 24.6 Å². The SMILES string of the molecule is [2H]C([2H])(c1nc2nc(C)cc(C)n2n1)C1C(=O)C[C@](CCc2cc(CC)nc(CC)c2)(C2([2H])C([2H])([2H])C([2H])([2H])C([2H])([2H])C2([2H])[2H])OC1=O. The van der Waals surface area contributed by atoms with E-state index in [4.69, 9.17) is 18.4 Å². The molecule has 1 unspecified atom stereocenters. The van der Waals surface area contributed by atoms with Gasteiger partial charge in [-0.05, 0) is 81.9 Å². The highest BCUT2D eigenvalue weighted by Gasteiger charge is 2.51. The Morgan fingerprint density at radius 1 is 1.11 bits per heavy atom. The quantitative estimate of drug-likeness (QED) is 0.322. The molecular weight excluding hydrogens is 466 g/mol. The van der Waals surface area contributed by atoms with Crippen LogP contribution in [0.5, 0.6) is 0 Å². The number of aromatic nitrogens is 5. The molecule has 3 aromatic rings. The molecule has 2 aliphatic rings. The van der Waals surface area contributed by atoms with Crippen LogP contribution in [0.3, 0.4) is 0 Å². The maximum absolute atomic E-state index is 14.1. The van der Waals surface area contributed by atoms with Crippen molar-refractivity contribution in [2.24, 2.45) is 11.8 Å². The minimum atomic E-state index is -3.66. The number of cyclic esters (lactones) is 1. The van der Waals surface area contributed by atoms with E-state index in [9.17, 15) is 11.0 Å². The second kappa shape index (κ2) is 10.3. The molecule has 3 aromatic heterocycles. The average Bonchev–Trinajstić information content (AvgIpc) is 3.45. The van der Waals surface area contributed by atoms with Gasteiger partial charge in [-0.2, -0.15) is 4.98 Å². The van der Waals surface area contributed by atoms with Crippen LogP contribution in [0.4, 0.5) is 0 Å². The average molecular weight is 515 g/mol. The lowest BCUT2D eigenvalue weighted by Gasteiger charge is -2.43. The summed E-state index contributed by atoms with van der Waals surface area (Å²) in [6.45, 7) is 7.12. The number of esters is 1. The molecule has 8 heteroatoms. The van der Waals surface area contributed by atoms with Crippen molar-refractivity contribution in [1.29, 1.82) is 0 Å². The Balaban J connectivity index is 1.64. The van der Waals surface area contributed by atoms with Crippen LogP contribution < -0.4 is 0 Å². The molecule has 0 amide bonds. The zero-order chi connectivity index (χ0) is 36.0. The number of carbonyl (C=O) groups is 2. The highest BCUT2D eigenvalue weighted by molar-refractivity contribution is 6.01. The second-order valence-corrected chi connectivity index (χ2v) is 9.36. The Labute approximate surface area is 233 Å². The molecular formula is C29H37N5O3. The molecule has 1 aliphatic heterocycles. The van der Waals surface area contributed by atoms with Crippen molar-refractivity contribution >= 4 is 17.5 Å². The van der Waals surface area contributed by atoms with Gasteiger partial charge >= 0.3 is 5.97 Å². The molecule has 1 saturated carbocycles. The first kappa shape index (κ1) is 15.3. The summed E-state index contributed by atoms with van der Waals surface area (Å²) >= 11 is 0. The van der Waals surface area contributed by atoms with Crippen molar-refractivity contribution in [3.05, 3.63) is 52.4 Å². The van der Waals surface area contributed by atoms with Crippen molar-refractivity contribution in [2.45, 2.75) is 97.3 Å². The van der Waals surface area contributed by atoms with Crippen molar-refractivity contribution < 1.29 is 29.4 Å². The van der Waals surface area contributed by atoms with Crippen LogP contribution in [0.15, 0.2) is 18.2 Å². The molecule has 5 rings (SSSR count). The van der Waals surface area contributed by atoms with Crippen LogP contribution in [0.1, 0.15) is 101 Å². The van der Waals surface area contributed by atoms with Gasteiger partial charge in [-0.15, -0.1) is 5.10 Å². The number of ketones is 1. The van der Waals surface area contributed by atoms with Crippen molar-refractivity contribution in [3.63, 3.8) is 0 Å². The van der Waals surface area contributed by atoms with E-state index < -0.39 is 79.7 Å². The molecule has 8 nitrogen and oxygen atoms in total. The van der Waals surface area contributed by atoms with Gasteiger partial charge in [0.1, 0.15) is 11.5 Å². The minimum absolute atomic E-state index is 0.00881. The molecule has 0 bridgehead atoms. The highest BCUT2D eigenvalue weighted by atomic mass is 16.6. The normalized spacial score (nSPS) is 33.7. The fraction of sp³-hybridized carbons (Fsp3) is 0.586. The third-order valence-electron chi connectivity index (χ3n) is 6.63. The maximum atomic E-state index is 14.1. The van der Waals surface area contributed by atoms with E-state index in [0.29, 0.717) is 41.2 Å². The van der Waals surface area contributed by atoms with E-state index >= 15 is 0 Å². The first-order valence-corrected chi connectivity index (χ1v) is 12.4. The lowest BCUT2D eigenvalue weighted by Crippen LogP contribution is -2.52. The minimum Gasteiger partial charge on any atom is -0.458 e. The summed E-state index contributed by atoms with van der Waals surface area (Å²) in [4.78, 5) is 40.9. The summed E-state index contributed by atoms with van der Waals surface area (Å²) in [5.41, 5.74) is 0.305. The van der Waals surface area contributed by atoms with Crippen molar-refractivity contribution in [3.8, 4) is 0 Å². The number of pyridine rings is 1. The van der Waals surface area contributed by atoms with E-state index in [1.807, 2.05) is 13.8 Å². The molecule has 0 radical (unpaired) electrons. The summed E-state index contributed by atoms with van der Waals surface area (Å²) in [5, 5.41) is 4.14. The molecule has 1 aliphatic carbocycles. The smallest absolute Gasteiger partial charge is 0.317 e. The lowest BCUT2D eigenvalue weighted by atomic mass is 9.73. The van der Waals surface area contributed by atoms with Crippen molar-refractivity contribution in [2.75, 3.05) is 0 Å². The number of fused-ring (bicyclic) bond motifs is 1. The monoisotopic (exact) mass is 514 g/mol. The van der Waals surface area contributed by atoms with Crippen LogP contribution >= 0.6 is 0 Å². The Kier molecular flexibility index (Phi) is 4.26. The number of hydrogen-bond acceptors (Lipinski definition) is 7. The van der Waals surface area contributed by atoms with Gasteiger partial charge in [0.05, 0.1) is 0 Å². The molecule has 2 atom stereocenters. The van der Waals surface area contributed by atoms with E-state index in [-0.39, 0.29) is 12.2 Å². The molecule has 196 valence electrons. The Hall–Kier alpha value is -3.16. The molecule has 4 heterocycles. The molecule has 1 saturated heterocycles. The fourth-order valence-corrected chi connectivity index (χ4v) is 4.72. The zero-order valence-corrected chi connectivity index (χ0v) is 21.3. The number of hydrogen-bond donors (Lipinski definition) is 0. The summed E-state index contributed by atoms with van der Waals surface area (Å²) < 4.78 is 103. The van der Waals surface area contributed by atoms with Gasteiger partial charge in [0, 0.05) is 50.6 Å². The van der Waals surface area contributed by atoms with Gasteiger partial charge in [-0.1, -0.05) is 26.6 Å². The summed E-state index contributed by atoms with van der Waals surface area (Å²) in [5.74, 6) is -9.05. The van der Waals surface area contributed by atoms with Crippen LogP contribution in [0, 0.1) is 25.7 Å². The second-order valence-electron chi connectivity index (χ2n) is 9.36. The van der Waals surface area contributed by atoms with Crippen LogP contribution in [0.2, 0.25) is 0 Å². The highest BCUT2D eigenvalue weighted by Crippen LogP contribution is 2.45. The number of Topliss-reactive ketones (excluding diaryl/α,β-unsaturated/α-hetero) is 1. The third kappa shape index (κ3) is 5.15. The zero-order valence-electron chi connectivity index (χ0n) is 32.3. The molecule has 37 heavy (non-hydrogen) atoms. The van der Waals surface area contributed by atoms with Gasteiger partial charge in [0.15, 0.2) is 11.6 Å². The van der Waals surface area contributed by atoms with Gasteiger partial charge in [-0.3, -0.25) is 14.6 Å². The Morgan fingerprint density at radius 3 is 2.46 bits per heavy atom. The van der Waals surface area contributed by atoms with Crippen LogP contribution in [0.25, 0.3) is 5.78 Å². The molecule has 2 fully saturated rings. The first-order chi connectivity index (χ1) is 22.0. The summed E-state index contributed by atoms with van der Waals surface area (Å²) in [6.07, 6.45) is -18.2. The van der Waals surface area contributed by atoms with Gasteiger partial charge in [-0.25, -0.2) is 9.50 Å². The predicted molar refractivity (Wildman–Crippen MR) is 139 cm³/mol.